The number of carbonyl (C=O) groups excluding carboxylic acids is 2. The van der Waals surface area contributed by atoms with Crippen LogP contribution in [0.5, 0.6) is 0 Å². The van der Waals surface area contributed by atoms with Gasteiger partial charge in [-0.2, -0.15) is 0 Å². The summed E-state index contributed by atoms with van der Waals surface area (Å²) in [6.07, 6.45) is 38.9. The van der Waals surface area contributed by atoms with Gasteiger partial charge in [-0.25, -0.2) is 18.0 Å². The molecule has 0 heterocycles. The normalized spacial score (nSPS) is 11.7. The number of benzene rings is 1. The van der Waals surface area contributed by atoms with Crippen LogP contribution in [0.4, 0.5) is 0 Å². The molecule has 9 heteroatoms. The average Bonchev–Trinajstić information content (AvgIpc) is 3.10. The van der Waals surface area contributed by atoms with Crippen molar-refractivity contribution in [2.24, 2.45) is 0 Å². The van der Waals surface area contributed by atoms with Gasteiger partial charge in [0.1, 0.15) is 10.1 Å². The zero-order valence-corrected chi connectivity index (χ0v) is 35.4. The Labute approximate surface area is 334 Å². The fraction of sp³-hybridized carbons (Fsp3) is 0.714. The van der Waals surface area contributed by atoms with Gasteiger partial charge in [-0.1, -0.05) is 147 Å². The van der Waals surface area contributed by atoms with Crippen LogP contribution < -0.4 is 29.6 Å². The molecule has 0 aliphatic heterocycles. The van der Waals surface area contributed by atoms with Gasteiger partial charge in [0.2, 0.25) is 0 Å². The summed E-state index contributed by atoms with van der Waals surface area (Å²) in [5.41, 5.74) is -0.797. The van der Waals surface area contributed by atoms with Crippen molar-refractivity contribution >= 4 is 22.1 Å². The largest absolute Gasteiger partial charge is 1.00 e. The van der Waals surface area contributed by atoms with Gasteiger partial charge in [0.15, 0.2) is 0 Å². The molecule has 0 saturated carbocycles. The molecule has 0 fully saturated rings. The molecule has 0 unspecified atom stereocenters. The first-order chi connectivity index (χ1) is 24.3. The Morgan fingerprint density at radius 1 is 0.549 bits per heavy atom. The zero-order valence-electron chi connectivity index (χ0n) is 32.6. The van der Waals surface area contributed by atoms with Gasteiger partial charge in [-0.15, -0.1) is 0 Å². The first kappa shape index (κ1) is 49.6. The maximum absolute atomic E-state index is 13.0. The fourth-order valence-electron chi connectivity index (χ4n) is 5.95. The van der Waals surface area contributed by atoms with Crippen molar-refractivity contribution in [1.29, 1.82) is 0 Å². The van der Waals surface area contributed by atoms with Crippen molar-refractivity contribution in [3.63, 3.8) is 0 Å². The van der Waals surface area contributed by atoms with Crippen LogP contribution in [-0.4, -0.2) is 38.1 Å². The van der Waals surface area contributed by atoms with Crippen LogP contribution in [0.1, 0.15) is 202 Å². The molecule has 51 heavy (non-hydrogen) atoms. The van der Waals surface area contributed by atoms with Gasteiger partial charge in [-0.3, -0.25) is 0 Å². The molecule has 0 saturated heterocycles. The number of esters is 2. The second-order valence-corrected chi connectivity index (χ2v) is 14.9. The van der Waals surface area contributed by atoms with Gasteiger partial charge in [0.05, 0.1) is 29.2 Å². The molecular weight excluding hydrogens is 672 g/mol. The molecule has 286 valence electrons. The second kappa shape index (κ2) is 34.3. The average molecular weight is 741 g/mol. The van der Waals surface area contributed by atoms with Crippen molar-refractivity contribution in [3.8, 4) is 0 Å². The predicted molar refractivity (Wildman–Crippen MR) is 205 cm³/mol. The second-order valence-electron chi connectivity index (χ2n) is 13.6. The molecule has 0 spiro atoms. The quantitative estimate of drug-likeness (QED) is 0.0232. The number of allylic oxidation sites excluding steroid dienone is 4. The molecule has 1 aromatic rings. The number of unbranched alkanes of at least 4 members (excludes halogenated alkanes) is 22. The third-order valence-electron chi connectivity index (χ3n) is 9.00. The summed E-state index contributed by atoms with van der Waals surface area (Å²) >= 11 is 0. The summed E-state index contributed by atoms with van der Waals surface area (Å²) < 4.78 is 46.6. The summed E-state index contributed by atoms with van der Waals surface area (Å²) in [7, 11) is -5.02. The first-order valence-electron chi connectivity index (χ1n) is 20.1. The van der Waals surface area contributed by atoms with E-state index in [0.717, 1.165) is 76.7 Å². The van der Waals surface area contributed by atoms with Gasteiger partial charge in [0.25, 0.3) is 0 Å². The molecule has 0 atom stereocenters. The van der Waals surface area contributed by atoms with E-state index in [2.05, 4.69) is 38.2 Å². The van der Waals surface area contributed by atoms with E-state index in [1.165, 1.54) is 95.6 Å². The molecule has 0 bridgehead atoms. The minimum Gasteiger partial charge on any atom is -0.744 e. The van der Waals surface area contributed by atoms with E-state index in [1.54, 1.807) is 0 Å². The summed E-state index contributed by atoms with van der Waals surface area (Å²) in [6, 6.07) is 3.60. The third-order valence-corrected chi connectivity index (χ3v) is 9.88. The first-order valence-corrected chi connectivity index (χ1v) is 21.5. The van der Waals surface area contributed by atoms with Crippen LogP contribution in [0.15, 0.2) is 47.4 Å². The predicted octanol–water partition coefficient (Wildman–Crippen LogP) is 9.20. The smallest absolute Gasteiger partial charge is 0.744 e. The van der Waals surface area contributed by atoms with E-state index in [9.17, 15) is 22.6 Å². The summed E-state index contributed by atoms with van der Waals surface area (Å²) in [5.74, 6) is -1.83. The molecular formula is C42H69NaO7S. The zero-order chi connectivity index (χ0) is 36.5. The van der Waals surface area contributed by atoms with E-state index in [4.69, 9.17) is 9.47 Å². The Kier molecular flexibility index (Phi) is 33.4. The van der Waals surface area contributed by atoms with Crippen LogP contribution in [-0.2, 0) is 19.6 Å². The maximum atomic E-state index is 13.0. The molecule has 1 rings (SSSR count). The van der Waals surface area contributed by atoms with E-state index in [-0.39, 0.29) is 48.3 Å². The van der Waals surface area contributed by atoms with Crippen molar-refractivity contribution < 1.29 is 61.6 Å². The third kappa shape index (κ3) is 26.9. The summed E-state index contributed by atoms with van der Waals surface area (Å²) in [5, 5.41) is 0. The van der Waals surface area contributed by atoms with Crippen molar-refractivity contribution in [2.45, 2.75) is 186 Å². The Balaban J connectivity index is 0.0000250. The van der Waals surface area contributed by atoms with Crippen LogP contribution in [0.25, 0.3) is 0 Å². The van der Waals surface area contributed by atoms with Gasteiger partial charge in [0, 0.05) is 0 Å². The summed E-state index contributed by atoms with van der Waals surface area (Å²) in [4.78, 5) is 25.1. The number of hydrogen-bond donors (Lipinski definition) is 0. The Morgan fingerprint density at radius 2 is 0.902 bits per heavy atom. The fourth-order valence-corrected chi connectivity index (χ4v) is 6.63. The van der Waals surface area contributed by atoms with E-state index >= 15 is 0 Å². The molecule has 0 aliphatic carbocycles. The monoisotopic (exact) mass is 740 g/mol. The van der Waals surface area contributed by atoms with Crippen LogP contribution in [0.3, 0.4) is 0 Å². The Morgan fingerprint density at radius 3 is 1.29 bits per heavy atom. The van der Waals surface area contributed by atoms with Crippen molar-refractivity contribution in [3.05, 3.63) is 53.6 Å². The van der Waals surface area contributed by atoms with Gasteiger partial charge >= 0.3 is 41.5 Å². The van der Waals surface area contributed by atoms with E-state index < -0.39 is 32.5 Å². The van der Waals surface area contributed by atoms with Crippen LogP contribution in [0.2, 0.25) is 0 Å². The minimum atomic E-state index is -5.02. The molecule has 1 aromatic carbocycles. The van der Waals surface area contributed by atoms with Crippen molar-refractivity contribution in [1.82, 2.24) is 0 Å². The van der Waals surface area contributed by atoms with Gasteiger partial charge in [-0.05, 0) is 76.3 Å². The molecule has 0 aromatic heterocycles. The molecule has 0 aliphatic rings. The number of ether oxygens (including phenoxy) is 2. The van der Waals surface area contributed by atoms with Crippen LogP contribution >= 0.6 is 0 Å². The van der Waals surface area contributed by atoms with E-state index in [0.29, 0.717) is 12.8 Å². The SMILES string of the molecule is CCCCCCCC/C=C/CCCCCCCOC(=O)c1cccc(S(=O)(=O)[O-])c1C(=O)OCCCCCCC/C=C/CCCCCCCC.[Na+]. The Hall–Kier alpha value is -1.45. The molecule has 7 nitrogen and oxygen atoms in total. The topological polar surface area (TPSA) is 110 Å². The number of rotatable bonds is 33. The van der Waals surface area contributed by atoms with E-state index in [1.807, 2.05) is 0 Å². The minimum absolute atomic E-state index is 0. The summed E-state index contributed by atoms with van der Waals surface area (Å²) in [6.45, 7) is 4.70. The number of carbonyl (C=O) groups is 2. The van der Waals surface area contributed by atoms with Gasteiger partial charge < -0.3 is 14.0 Å². The van der Waals surface area contributed by atoms with Crippen LogP contribution in [0, 0.1) is 0 Å². The number of hydrogen-bond acceptors (Lipinski definition) is 7. The Bertz CT molecular complexity index is 1180. The maximum Gasteiger partial charge on any atom is 1.00 e. The molecule has 0 N–H and O–H groups in total. The van der Waals surface area contributed by atoms with Crippen molar-refractivity contribution in [2.75, 3.05) is 13.2 Å². The molecule has 0 radical (unpaired) electrons. The standard InChI is InChI=1S/C42H70O7S.Na/c1-3-5-7-9-11-13-15-17-19-21-23-25-27-29-31-36-48-41(43)38-34-33-35-39(50(45,46)47)40(38)42(44)49-37-32-30-28-26-24-22-20-18-16-14-12-10-8-6-4-2;/h17-20,33-35H,3-16,21-32,36-37H2,1-2H3,(H,45,46,47);/q;+1/p-1/b19-17+,20-18+;. The molecule has 0 amide bonds.